The third-order valence-electron chi connectivity index (χ3n) is 8.95. The molecular formula is C27H29N3O5. The summed E-state index contributed by atoms with van der Waals surface area (Å²) in [6.07, 6.45) is 4.32. The summed E-state index contributed by atoms with van der Waals surface area (Å²) < 4.78 is 6.23. The van der Waals surface area contributed by atoms with Gasteiger partial charge in [0, 0.05) is 30.8 Å². The van der Waals surface area contributed by atoms with E-state index in [0.29, 0.717) is 30.3 Å². The smallest absolute Gasteiger partial charge is 0.256 e. The van der Waals surface area contributed by atoms with Crippen molar-refractivity contribution in [1.29, 1.82) is 0 Å². The van der Waals surface area contributed by atoms with Gasteiger partial charge in [0.25, 0.3) is 5.91 Å². The number of phenolic OH excluding ortho intramolecular Hbond substituents is 1. The Morgan fingerprint density at radius 3 is 2.89 bits per heavy atom. The molecule has 2 aliphatic heterocycles. The van der Waals surface area contributed by atoms with Crippen LogP contribution in [-0.2, 0) is 16.6 Å². The predicted molar refractivity (Wildman–Crippen MR) is 127 cm³/mol. The standard InChI is InChI=1S/C27H29N3O5/c1-14-6-8-28-20(10-14)29-25(33)17-12-27(34)19-11-16-4-5-18(31)23-21(16)26(27,24(35-23)22(17)32)7-9-30(19)13-15-2-3-15/h4-6,8,10,15,19,24,31-32,34H,2-3,7,9,11-13H2,1H3,(H,28,29,33)/t19-,24+,26+,27-/m1/s1. The van der Waals surface area contributed by atoms with Gasteiger partial charge in [0.2, 0.25) is 0 Å². The number of nitrogens with zero attached hydrogens (tertiary/aromatic N) is 2. The second-order valence-electron chi connectivity index (χ2n) is 11.0. The van der Waals surface area contributed by atoms with Crippen LogP contribution >= 0.6 is 0 Å². The molecule has 4 N–H and O–H groups in total. The molecule has 3 heterocycles. The molecule has 8 heteroatoms. The number of carbonyl (C=O) groups excluding carboxylic acids is 1. The Labute approximate surface area is 203 Å². The number of pyridine rings is 1. The van der Waals surface area contributed by atoms with Crippen LogP contribution in [0, 0.1) is 12.8 Å². The minimum atomic E-state index is -1.32. The first-order valence-electron chi connectivity index (χ1n) is 12.5. The van der Waals surface area contributed by atoms with Crippen molar-refractivity contribution in [3.8, 4) is 11.5 Å². The lowest BCUT2D eigenvalue weighted by molar-refractivity contribution is -0.172. The van der Waals surface area contributed by atoms with E-state index in [1.165, 1.54) is 12.8 Å². The average Bonchev–Trinajstić information content (AvgIpc) is 3.56. The minimum absolute atomic E-state index is 0.00324. The predicted octanol–water partition coefficient (Wildman–Crippen LogP) is 2.72. The zero-order valence-electron chi connectivity index (χ0n) is 19.6. The first-order chi connectivity index (χ1) is 16.8. The average molecular weight is 476 g/mol. The van der Waals surface area contributed by atoms with Crippen LogP contribution in [0.3, 0.4) is 0 Å². The number of piperidine rings is 1. The van der Waals surface area contributed by atoms with Gasteiger partial charge < -0.3 is 25.4 Å². The molecule has 182 valence electrons. The zero-order chi connectivity index (χ0) is 24.1. The number of amides is 1. The highest BCUT2D eigenvalue weighted by molar-refractivity contribution is 6.04. The van der Waals surface area contributed by atoms with E-state index in [2.05, 4.69) is 15.2 Å². The van der Waals surface area contributed by atoms with Crippen LogP contribution in [0.1, 0.15) is 42.4 Å². The van der Waals surface area contributed by atoms with E-state index in [1.54, 1.807) is 18.3 Å². The lowest BCUT2D eigenvalue weighted by Gasteiger charge is -2.62. The molecule has 8 nitrogen and oxygen atoms in total. The molecule has 3 aliphatic carbocycles. The summed E-state index contributed by atoms with van der Waals surface area (Å²) in [6.45, 7) is 3.62. The van der Waals surface area contributed by atoms with E-state index < -0.39 is 23.0 Å². The molecule has 1 aromatic carbocycles. The van der Waals surface area contributed by atoms with Crippen molar-refractivity contribution >= 4 is 11.7 Å². The number of anilines is 1. The van der Waals surface area contributed by atoms with Crippen molar-refractivity contribution in [2.24, 2.45) is 5.92 Å². The number of nitrogens with one attached hydrogen (secondary N) is 1. The van der Waals surface area contributed by atoms with Crippen molar-refractivity contribution in [3.63, 3.8) is 0 Å². The van der Waals surface area contributed by atoms with E-state index in [1.807, 2.05) is 19.1 Å². The molecule has 0 unspecified atom stereocenters. The number of phenols is 1. The first kappa shape index (κ1) is 21.2. The molecule has 1 saturated carbocycles. The fourth-order valence-corrected chi connectivity index (χ4v) is 7.16. The third-order valence-corrected chi connectivity index (χ3v) is 8.95. The van der Waals surface area contributed by atoms with Crippen molar-refractivity contribution < 1.29 is 24.9 Å². The largest absolute Gasteiger partial charge is 0.508 e. The number of hydrogen-bond donors (Lipinski definition) is 4. The molecule has 1 amide bonds. The molecule has 2 fully saturated rings. The third kappa shape index (κ3) is 2.75. The number of likely N-dealkylation sites (tertiary alicyclic amines) is 1. The fraction of sp³-hybridized carbons (Fsp3) is 0.481. The molecule has 5 aliphatic rings. The van der Waals surface area contributed by atoms with E-state index >= 15 is 0 Å². The normalized spacial score (nSPS) is 32.7. The summed E-state index contributed by atoms with van der Waals surface area (Å²) in [4.78, 5) is 20.0. The maximum Gasteiger partial charge on any atom is 0.256 e. The van der Waals surface area contributed by atoms with E-state index in [4.69, 9.17) is 4.74 Å². The second-order valence-corrected chi connectivity index (χ2v) is 11.0. The SMILES string of the molecule is Cc1ccnc(NC(=O)C2=C(O)[C@@H]3Oc4c(O)ccc5c4[C@@]34CCN(CC3CC3)[C@H](C5)[C@]4(O)C2)c1. The van der Waals surface area contributed by atoms with Gasteiger partial charge in [0.15, 0.2) is 17.6 Å². The van der Waals surface area contributed by atoms with Gasteiger partial charge in [-0.2, -0.15) is 0 Å². The second kappa shape index (κ2) is 6.98. The van der Waals surface area contributed by atoms with Crippen LogP contribution in [0.5, 0.6) is 11.5 Å². The van der Waals surface area contributed by atoms with Crippen molar-refractivity contribution in [3.05, 3.63) is 58.5 Å². The van der Waals surface area contributed by atoms with Gasteiger partial charge in [-0.25, -0.2) is 4.98 Å². The Morgan fingerprint density at radius 2 is 2.11 bits per heavy atom. The van der Waals surface area contributed by atoms with Gasteiger partial charge in [-0.05, 0) is 74.4 Å². The Kier molecular flexibility index (Phi) is 4.23. The highest BCUT2D eigenvalue weighted by Gasteiger charge is 2.73. The van der Waals surface area contributed by atoms with Crippen LogP contribution in [0.15, 0.2) is 41.8 Å². The molecule has 0 radical (unpaired) electrons. The summed E-state index contributed by atoms with van der Waals surface area (Å²) in [5, 5.41) is 37.5. The molecule has 2 aromatic rings. The van der Waals surface area contributed by atoms with Gasteiger partial charge in [0.05, 0.1) is 16.6 Å². The summed E-state index contributed by atoms with van der Waals surface area (Å²) in [7, 11) is 0. The van der Waals surface area contributed by atoms with E-state index in [0.717, 1.165) is 29.8 Å². The van der Waals surface area contributed by atoms with Crippen LogP contribution in [0.4, 0.5) is 5.82 Å². The number of aliphatic hydroxyl groups excluding tert-OH is 1. The number of carbonyl (C=O) groups is 1. The Bertz CT molecular complexity index is 1300. The van der Waals surface area contributed by atoms with Crippen LogP contribution in [-0.4, -0.2) is 61.9 Å². The number of hydrogen-bond acceptors (Lipinski definition) is 7. The van der Waals surface area contributed by atoms with Gasteiger partial charge in [-0.3, -0.25) is 9.69 Å². The number of aryl methyl sites for hydroxylation is 1. The first-order valence-corrected chi connectivity index (χ1v) is 12.5. The van der Waals surface area contributed by atoms with Gasteiger partial charge >= 0.3 is 0 Å². The van der Waals surface area contributed by atoms with Gasteiger partial charge in [-0.1, -0.05) is 6.07 Å². The highest BCUT2D eigenvalue weighted by atomic mass is 16.5. The Morgan fingerprint density at radius 1 is 1.29 bits per heavy atom. The number of ether oxygens (including phenoxy) is 1. The summed E-state index contributed by atoms with van der Waals surface area (Å²) in [6, 6.07) is 6.93. The monoisotopic (exact) mass is 475 g/mol. The summed E-state index contributed by atoms with van der Waals surface area (Å²) in [5.74, 6) is 0.702. The van der Waals surface area contributed by atoms with Gasteiger partial charge in [0.1, 0.15) is 11.6 Å². The van der Waals surface area contributed by atoms with Crippen molar-refractivity contribution in [2.45, 2.75) is 62.2 Å². The van der Waals surface area contributed by atoms with Crippen LogP contribution in [0.2, 0.25) is 0 Å². The molecule has 35 heavy (non-hydrogen) atoms. The molecule has 1 aromatic heterocycles. The fourth-order valence-electron chi connectivity index (χ4n) is 7.16. The summed E-state index contributed by atoms with van der Waals surface area (Å²) in [5.41, 5.74) is 0.680. The lowest BCUT2D eigenvalue weighted by atomic mass is 9.49. The van der Waals surface area contributed by atoms with Gasteiger partial charge in [-0.15, -0.1) is 0 Å². The maximum atomic E-state index is 13.4. The zero-order valence-corrected chi connectivity index (χ0v) is 19.6. The van der Waals surface area contributed by atoms with Crippen LogP contribution < -0.4 is 10.1 Å². The number of aromatic hydroxyl groups is 1. The Balaban J connectivity index is 1.36. The molecule has 1 spiro atoms. The topological polar surface area (TPSA) is 115 Å². The summed E-state index contributed by atoms with van der Waals surface area (Å²) >= 11 is 0. The number of aromatic nitrogens is 1. The molecule has 4 atom stereocenters. The maximum absolute atomic E-state index is 13.4. The van der Waals surface area contributed by atoms with Crippen molar-refractivity contribution in [2.75, 3.05) is 18.4 Å². The van der Waals surface area contributed by atoms with E-state index in [-0.39, 0.29) is 29.5 Å². The number of rotatable bonds is 4. The quantitative estimate of drug-likeness (QED) is 0.538. The molecule has 1 saturated heterocycles. The molecule has 2 bridgehead atoms. The minimum Gasteiger partial charge on any atom is -0.508 e. The highest BCUT2D eigenvalue weighted by Crippen LogP contribution is 2.66. The molecular weight excluding hydrogens is 446 g/mol. The number of benzene rings is 1. The Hall–Kier alpha value is -3.10. The number of aliphatic hydroxyl groups is 2. The van der Waals surface area contributed by atoms with Crippen LogP contribution in [0.25, 0.3) is 0 Å². The van der Waals surface area contributed by atoms with E-state index in [9.17, 15) is 20.1 Å². The lowest BCUT2D eigenvalue weighted by Crippen LogP contribution is -2.75. The van der Waals surface area contributed by atoms with Crippen molar-refractivity contribution in [1.82, 2.24) is 9.88 Å². The molecule has 7 rings (SSSR count).